The van der Waals surface area contributed by atoms with Crippen molar-refractivity contribution in [1.82, 2.24) is 15.3 Å². The van der Waals surface area contributed by atoms with E-state index in [-0.39, 0.29) is 5.88 Å². The molecule has 0 bridgehead atoms. The van der Waals surface area contributed by atoms with Crippen LogP contribution in [-0.2, 0) is 6.54 Å². The van der Waals surface area contributed by atoms with Crippen LogP contribution in [0.25, 0.3) is 11.9 Å². The number of aliphatic hydroxyl groups excluding tert-OH is 1. The Balaban J connectivity index is 1.60. The molecule has 6 nitrogen and oxygen atoms in total. The molecule has 30 heavy (non-hydrogen) atoms. The Kier molecular flexibility index (Phi) is 4.48. The number of methoxy groups -OCH3 is 1. The van der Waals surface area contributed by atoms with E-state index in [1.54, 1.807) is 30.4 Å². The number of aliphatic hydroxyl groups is 1. The number of hydrogen-bond donors (Lipinski definition) is 2. The average molecular weight is 419 g/mol. The highest BCUT2D eigenvalue weighted by atomic mass is 35.5. The van der Waals surface area contributed by atoms with Gasteiger partial charge < -0.3 is 14.7 Å². The predicted octanol–water partition coefficient (Wildman–Crippen LogP) is 2.86. The summed E-state index contributed by atoms with van der Waals surface area (Å²) in [6, 6.07) is 19.5. The standard InChI is InChI=1S/C23H19ClN4O2/c1-30-18-9-6-15(7-10-18)13-27-14-16-4-2-3-5-19(16)21-22(27)23(29)28(26-21)17-8-11-20(24)25-12-17/h2-12,14,26,29H,13H2,1H3. The van der Waals surface area contributed by atoms with Crippen LogP contribution in [0.4, 0.5) is 5.69 Å². The smallest absolute Gasteiger partial charge is 0.237 e. The first-order valence-corrected chi connectivity index (χ1v) is 9.84. The van der Waals surface area contributed by atoms with Crippen LogP contribution >= 0.6 is 11.6 Å². The van der Waals surface area contributed by atoms with Gasteiger partial charge in [0.1, 0.15) is 16.6 Å². The van der Waals surface area contributed by atoms with E-state index in [1.165, 1.54) is 0 Å². The van der Waals surface area contributed by atoms with Crippen LogP contribution in [0.5, 0.6) is 5.75 Å². The van der Waals surface area contributed by atoms with E-state index in [4.69, 9.17) is 16.3 Å². The second kappa shape index (κ2) is 7.31. The van der Waals surface area contributed by atoms with E-state index in [1.807, 2.05) is 47.4 Å². The molecule has 5 rings (SSSR count). The van der Waals surface area contributed by atoms with Crippen molar-refractivity contribution >= 4 is 29.2 Å². The minimum absolute atomic E-state index is 0.105. The summed E-state index contributed by atoms with van der Waals surface area (Å²) in [4.78, 5) is 6.18. The summed E-state index contributed by atoms with van der Waals surface area (Å²) in [6.45, 7) is 0.593. The van der Waals surface area contributed by atoms with E-state index in [0.717, 1.165) is 27.4 Å². The maximum atomic E-state index is 11.1. The van der Waals surface area contributed by atoms with Crippen molar-refractivity contribution in [2.24, 2.45) is 0 Å². The van der Waals surface area contributed by atoms with Crippen LogP contribution in [0.2, 0.25) is 5.15 Å². The maximum absolute atomic E-state index is 11.1. The van der Waals surface area contributed by atoms with E-state index < -0.39 is 0 Å². The minimum Gasteiger partial charge on any atom is -0.497 e. The van der Waals surface area contributed by atoms with Gasteiger partial charge in [-0.25, -0.2) is 9.99 Å². The minimum atomic E-state index is 0.105. The van der Waals surface area contributed by atoms with E-state index >= 15 is 0 Å². The zero-order valence-electron chi connectivity index (χ0n) is 16.2. The number of benzene rings is 2. The summed E-state index contributed by atoms with van der Waals surface area (Å²) in [7, 11) is 1.65. The summed E-state index contributed by atoms with van der Waals surface area (Å²) in [5, 5.41) is 15.3. The fraction of sp³-hybridized carbons (Fsp3) is 0.0870. The molecular formula is C23H19ClN4O2. The molecule has 0 fully saturated rings. The van der Waals surface area contributed by atoms with Gasteiger partial charge in [0.05, 0.1) is 24.7 Å². The van der Waals surface area contributed by atoms with Gasteiger partial charge in [-0.15, -0.1) is 0 Å². The van der Waals surface area contributed by atoms with Crippen molar-refractivity contribution in [1.29, 1.82) is 0 Å². The number of aromatic nitrogens is 1. The maximum Gasteiger partial charge on any atom is 0.237 e. The van der Waals surface area contributed by atoms with Crippen molar-refractivity contribution in [3.63, 3.8) is 0 Å². The molecule has 7 heteroatoms. The number of hydrogen-bond acceptors (Lipinski definition) is 6. The van der Waals surface area contributed by atoms with Crippen molar-refractivity contribution in [3.05, 3.63) is 99.6 Å². The van der Waals surface area contributed by atoms with Gasteiger partial charge in [0.2, 0.25) is 5.88 Å². The van der Waals surface area contributed by atoms with Crippen LogP contribution in [0.15, 0.2) is 78.4 Å². The Labute approximate surface area is 178 Å². The number of halogens is 1. The third-order valence-electron chi connectivity index (χ3n) is 5.18. The molecule has 150 valence electrons. The second-order valence-electron chi connectivity index (χ2n) is 7.03. The molecule has 3 heterocycles. The molecule has 0 saturated heterocycles. The van der Waals surface area contributed by atoms with Gasteiger partial charge in [0, 0.05) is 23.2 Å². The largest absolute Gasteiger partial charge is 0.497 e. The topological polar surface area (TPSA) is 60.9 Å². The summed E-state index contributed by atoms with van der Waals surface area (Å²) in [5.41, 5.74) is 6.66. The molecule has 0 unspecified atom stereocenters. The SMILES string of the molecule is COc1ccc(CN2C=c3ccccc3=C3NN(c4ccc(Cl)nc4)C(O)=C32)cc1. The Morgan fingerprint density at radius 2 is 1.87 bits per heavy atom. The molecule has 2 aliphatic heterocycles. The molecule has 0 spiro atoms. The number of anilines is 1. The number of nitrogens with zero attached hydrogens (tertiary/aromatic N) is 3. The van der Waals surface area contributed by atoms with Crippen molar-refractivity contribution in [2.75, 3.05) is 12.1 Å². The summed E-state index contributed by atoms with van der Waals surface area (Å²) >= 11 is 5.93. The fourth-order valence-corrected chi connectivity index (χ4v) is 3.82. The lowest BCUT2D eigenvalue weighted by Crippen LogP contribution is -2.40. The van der Waals surface area contributed by atoms with Crippen molar-refractivity contribution in [2.45, 2.75) is 6.54 Å². The van der Waals surface area contributed by atoms with E-state index in [9.17, 15) is 5.11 Å². The molecule has 3 aromatic rings. The van der Waals surface area contributed by atoms with E-state index in [0.29, 0.717) is 23.1 Å². The Morgan fingerprint density at radius 1 is 1.07 bits per heavy atom. The Morgan fingerprint density at radius 3 is 2.60 bits per heavy atom. The molecular weight excluding hydrogens is 400 g/mol. The first kappa shape index (κ1) is 18.4. The number of ether oxygens (including phenoxy) is 1. The fourth-order valence-electron chi connectivity index (χ4n) is 3.70. The van der Waals surface area contributed by atoms with Crippen LogP contribution in [-0.4, -0.2) is 22.1 Å². The number of nitrogens with one attached hydrogen (secondary N) is 1. The molecule has 2 aliphatic rings. The molecule has 0 atom stereocenters. The Bertz CT molecular complexity index is 1250. The van der Waals surface area contributed by atoms with Gasteiger partial charge in [0.25, 0.3) is 0 Å². The molecule has 1 aromatic heterocycles. The third-order valence-corrected chi connectivity index (χ3v) is 5.40. The monoisotopic (exact) mass is 418 g/mol. The van der Waals surface area contributed by atoms with Gasteiger partial charge in [-0.05, 0) is 29.8 Å². The number of rotatable bonds is 4. The zero-order valence-corrected chi connectivity index (χ0v) is 17.0. The summed E-state index contributed by atoms with van der Waals surface area (Å²) in [6.07, 6.45) is 3.67. The molecule has 0 radical (unpaired) electrons. The zero-order chi connectivity index (χ0) is 20.7. The van der Waals surface area contributed by atoms with Gasteiger partial charge in [-0.2, -0.15) is 0 Å². The van der Waals surface area contributed by atoms with Crippen LogP contribution in [0.1, 0.15) is 5.56 Å². The van der Waals surface area contributed by atoms with Gasteiger partial charge in [-0.3, -0.25) is 5.43 Å². The Hall–Kier alpha value is -3.64. The van der Waals surface area contributed by atoms with Crippen LogP contribution < -0.4 is 25.6 Å². The lowest BCUT2D eigenvalue weighted by Gasteiger charge is -2.25. The normalized spacial score (nSPS) is 14.8. The first-order valence-electron chi connectivity index (χ1n) is 9.47. The highest BCUT2D eigenvalue weighted by molar-refractivity contribution is 6.29. The average Bonchev–Trinajstić information content (AvgIpc) is 3.13. The number of pyridine rings is 1. The molecule has 2 N–H and O–H groups in total. The quantitative estimate of drug-likeness (QED) is 0.635. The van der Waals surface area contributed by atoms with Gasteiger partial charge in [0.15, 0.2) is 0 Å². The predicted molar refractivity (Wildman–Crippen MR) is 117 cm³/mol. The van der Waals surface area contributed by atoms with Gasteiger partial charge >= 0.3 is 0 Å². The molecule has 0 saturated carbocycles. The molecule has 0 amide bonds. The highest BCUT2D eigenvalue weighted by Gasteiger charge is 2.33. The summed E-state index contributed by atoms with van der Waals surface area (Å²) < 4.78 is 5.26. The van der Waals surface area contributed by atoms with Crippen molar-refractivity contribution < 1.29 is 9.84 Å². The lowest BCUT2D eigenvalue weighted by atomic mass is 10.1. The summed E-state index contributed by atoms with van der Waals surface area (Å²) in [5.74, 6) is 0.915. The van der Waals surface area contributed by atoms with Crippen LogP contribution in [0.3, 0.4) is 0 Å². The lowest BCUT2D eigenvalue weighted by molar-refractivity contribution is 0.367. The number of fused-ring (bicyclic) bond motifs is 2. The molecule has 2 aromatic carbocycles. The number of hydrazine groups is 1. The second-order valence-corrected chi connectivity index (χ2v) is 7.41. The van der Waals surface area contributed by atoms with Crippen LogP contribution in [0, 0.1) is 0 Å². The van der Waals surface area contributed by atoms with Crippen molar-refractivity contribution in [3.8, 4) is 5.75 Å². The van der Waals surface area contributed by atoms with E-state index in [2.05, 4.69) is 22.7 Å². The van der Waals surface area contributed by atoms with Gasteiger partial charge in [-0.1, -0.05) is 48.0 Å². The molecule has 0 aliphatic carbocycles. The first-order chi connectivity index (χ1) is 14.6. The third kappa shape index (κ3) is 3.11. The highest BCUT2D eigenvalue weighted by Crippen LogP contribution is 2.32.